The molecule has 0 aromatic rings. The molecule has 0 radical (unpaired) electrons. The van der Waals surface area contributed by atoms with E-state index in [0.29, 0.717) is 0 Å². The summed E-state index contributed by atoms with van der Waals surface area (Å²) < 4.78 is 291. The number of hydrogen-bond acceptors (Lipinski definition) is 1. The fourth-order valence-corrected chi connectivity index (χ4v) is 1.66. The summed E-state index contributed by atoms with van der Waals surface area (Å²) in [4.78, 5) is 0. The minimum Gasteiger partial charge on any atom is -0.192 e. The summed E-state index contributed by atoms with van der Waals surface area (Å²) in [6.45, 7) is 0. The smallest absolute Gasteiger partial charge is 0.192 e. The van der Waals surface area contributed by atoms with Gasteiger partial charge >= 0.3 is 59.6 Å². The van der Waals surface area contributed by atoms with Gasteiger partial charge in [0.05, 0.1) is 5.34 Å². The molecule has 0 saturated heterocycles. The third-order valence-corrected chi connectivity index (χ3v) is 3.71. The van der Waals surface area contributed by atoms with Gasteiger partial charge in [-0.1, -0.05) is 8.96 Å². The van der Waals surface area contributed by atoms with E-state index in [-0.39, 0.29) is 0 Å². The quantitative estimate of drug-likeness (QED) is 0.160. The maximum Gasteiger partial charge on any atom is 0.460 e. The first-order chi connectivity index (χ1) is 14.2. The van der Waals surface area contributed by atoms with Crippen LogP contribution in [0.2, 0.25) is 0 Å². The normalized spacial score (nSPS) is 16.9. The van der Waals surface area contributed by atoms with Crippen molar-refractivity contribution in [2.24, 2.45) is 0 Å². The van der Waals surface area contributed by atoms with E-state index in [1.807, 2.05) is 0 Å². The van der Waals surface area contributed by atoms with Crippen molar-refractivity contribution in [3.63, 3.8) is 0 Å². The largest absolute Gasteiger partial charge is 0.460 e. The maximum atomic E-state index is 13.2. The van der Waals surface area contributed by atoms with Crippen molar-refractivity contribution in [3.8, 4) is 0 Å². The second kappa shape index (κ2) is 7.67. The third-order valence-electron chi connectivity index (χ3n) is 3.71. The van der Waals surface area contributed by atoms with Crippen LogP contribution < -0.4 is 0 Å². The lowest BCUT2D eigenvalue weighted by Gasteiger charge is -2.44. The molecule has 206 valence electrons. The van der Waals surface area contributed by atoms with Gasteiger partial charge in [0.1, 0.15) is 0 Å². The van der Waals surface area contributed by atoms with Crippen LogP contribution in [-0.4, -0.2) is 64.9 Å². The second-order valence-corrected chi connectivity index (χ2v) is 5.87. The molecular weight excluding hydrogens is 571 g/mol. The number of nitrogens with zero attached hydrogens (tertiary/aromatic N) is 1. The van der Waals surface area contributed by atoms with Crippen LogP contribution in [0.25, 0.3) is 0 Å². The first-order valence-corrected chi connectivity index (χ1v) is 6.78. The summed E-state index contributed by atoms with van der Waals surface area (Å²) in [5.41, 5.74) is 0. The Hall–Kier alpha value is -1.65. The molecule has 1 nitrogen and oxygen atoms in total. The zero-order valence-electron chi connectivity index (χ0n) is 14.1. The van der Waals surface area contributed by atoms with Crippen LogP contribution in [0.1, 0.15) is 0 Å². The van der Waals surface area contributed by atoms with E-state index in [4.69, 9.17) is 0 Å². The predicted molar refractivity (Wildman–Crippen MR) is 54.6 cm³/mol. The Labute approximate surface area is 167 Å². The first-order valence-electron chi connectivity index (χ1n) is 6.78. The summed E-state index contributed by atoms with van der Waals surface area (Å²) in [5, 5.41) is -4.40. The van der Waals surface area contributed by atoms with Crippen LogP contribution >= 0.6 is 0 Å². The molecule has 0 bridgehead atoms. The minimum absolute atomic E-state index is 4.40. The van der Waals surface area contributed by atoms with Crippen LogP contribution in [0, 0.1) is 0 Å². The van der Waals surface area contributed by atoms with Crippen LogP contribution in [0.5, 0.6) is 0 Å². The molecule has 24 heteroatoms. The predicted octanol–water partition coefficient (Wildman–Crippen LogP) is 7.29. The molecule has 0 aliphatic carbocycles. The Morgan fingerprint density at radius 2 is 0.441 bits per heavy atom. The Bertz CT molecular complexity index is 741. The highest BCUT2D eigenvalue weighted by Gasteiger charge is 2.98. The van der Waals surface area contributed by atoms with E-state index in [1.165, 1.54) is 0 Å². The zero-order chi connectivity index (χ0) is 28.6. The molecule has 0 aromatic carbocycles. The maximum absolute atomic E-state index is 13.2. The highest BCUT2D eigenvalue weighted by molar-refractivity contribution is 5.17. The van der Waals surface area contributed by atoms with Gasteiger partial charge < -0.3 is 0 Å². The molecule has 0 aliphatic heterocycles. The van der Waals surface area contributed by atoms with E-state index in [9.17, 15) is 101 Å². The monoisotopic (exact) mass is 571 g/mol. The average molecular weight is 571 g/mol. The number of rotatable bonds is 9. The molecule has 0 rings (SSSR count). The second-order valence-electron chi connectivity index (χ2n) is 5.87. The van der Waals surface area contributed by atoms with Crippen molar-refractivity contribution in [2.75, 3.05) is 0 Å². The Balaban J connectivity index is 7.08. The van der Waals surface area contributed by atoms with Gasteiger partial charge in [0.2, 0.25) is 0 Å². The van der Waals surface area contributed by atoms with Gasteiger partial charge in [0.25, 0.3) is 0 Å². The standard InChI is InChI=1S/C10F23N/c11-1(12,3(15,16)5(19,20)7(23,24)9(27,28)29)2(13,14)4(17,18)6(21,22)8(25,26)10(30,31)34(32)33. The highest BCUT2D eigenvalue weighted by atomic mass is 19.4. The molecule has 0 aromatic heterocycles. The zero-order valence-corrected chi connectivity index (χ0v) is 14.1. The van der Waals surface area contributed by atoms with Gasteiger partial charge in [-0.2, -0.15) is 92.2 Å². The van der Waals surface area contributed by atoms with Crippen molar-refractivity contribution >= 4 is 0 Å². The van der Waals surface area contributed by atoms with Gasteiger partial charge in [0.15, 0.2) is 0 Å². The summed E-state index contributed by atoms with van der Waals surface area (Å²) >= 11 is 0. The number of alkyl halides is 21. The lowest BCUT2D eigenvalue weighted by atomic mass is 9.87. The van der Waals surface area contributed by atoms with E-state index >= 15 is 0 Å². The van der Waals surface area contributed by atoms with Crippen molar-refractivity contribution in [1.29, 1.82) is 0 Å². The molecular formula is C10F23N. The Kier molecular flexibility index (Phi) is 7.30. The van der Waals surface area contributed by atoms with E-state index in [1.54, 1.807) is 0 Å². The SMILES string of the molecule is FN(F)C(F)(F)C(F)(F)C(F)(F)C(F)(F)C(F)(F)C(F)(F)C(F)(F)C(F)(F)C(F)(F)C(F)(F)F. The molecule has 0 N–H and O–H groups in total. The van der Waals surface area contributed by atoms with Crippen molar-refractivity contribution < 1.29 is 101 Å². The minimum atomic E-state index is -9.35. The Morgan fingerprint density at radius 3 is 0.618 bits per heavy atom. The fraction of sp³-hybridized carbons (Fsp3) is 1.00. The molecule has 0 amide bonds. The lowest BCUT2D eigenvalue weighted by Crippen LogP contribution is -2.77. The molecule has 0 spiro atoms. The number of hydrogen-bond donors (Lipinski definition) is 0. The summed E-state index contributed by atoms with van der Waals surface area (Å²) in [6, 6.07) is -8.03. The molecule has 0 atom stereocenters. The van der Waals surface area contributed by atoms with E-state index < -0.39 is 64.9 Å². The first kappa shape index (κ1) is 32.4. The van der Waals surface area contributed by atoms with Gasteiger partial charge in [-0.15, -0.1) is 0 Å². The highest BCUT2D eigenvalue weighted by Crippen LogP contribution is 2.66. The van der Waals surface area contributed by atoms with Crippen molar-refractivity contribution in [1.82, 2.24) is 5.34 Å². The summed E-state index contributed by atoms with van der Waals surface area (Å²) in [6.07, 6.45) is -8.07. The van der Waals surface area contributed by atoms with Gasteiger partial charge in [-0.05, 0) is 0 Å². The molecule has 34 heavy (non-hydrogen) atoms. The van der Waals surface area contributed by atoms with Gasteiger partial charge in [-0.25, -0.2) is 0 Å². The average Bonchev–Trinajstić information content (AvgIpc) is 2.58. The molecule has 0 fully saturated rings. The molecule has 0 unspecified atom stereocenters. The van der Waals surface area contributed by atoms with Crippen LogP contribution in [0.4, 0.5) is 101 Å². The molecule has 0 heterocycles. The van der Waals surface area contributed by atoms with Crippen molar-refractivity contribution in [3.05, 3.63) is 0 Å². The van der Waals surface area contributed by atoms with E-state index in [0.717, 1.165) is 0 Å². The van der Waals surface area contributed by atoms with Gasteiger partial charge in [0, 0.05) is 0 Å². The molecule has 0 saturated carbocycles. The topological polar surface area (TPSA) is 3.24 Å². The fourth-order valence-electron chi connectivity index (χ4n) is 1.66. The molecule has 0 aliphatic rings. The summed E-state index contributed by atoms with van der Waals surface area (Å²) in [5.74, 6) is -72.4. The lowest BCUT2D eigenvalue weighted by molar-refractivity contribution is -0.490. The van der Waals surface area contributed by atoms with Gasteiger partial charge in [-0.3, -0.25) is 0 Å². The Morgan fingerprint density at radius 1 is 0.265 bits per heavy atom. The summed E-state index contributed by atoms with van der Waals surface area (Å²) in [7, 11) is 0. The van der Waals surface area contributed by atoms with E-state index in [2.05, 4.69) is 0 Å². The van der Waals surface area contributed by atoms with Crippen LogP contribution in [-0.2, 0) is 0 Å². The number of halogens is 23. The van der Waals surface area contributed by atoms with Crippen LogP contribution in [0.15, 0.2) is 0 Å². The third kappa shape index (κ3) is 3.59. The van der Waals surface area contributed by atoms with Crippen molar-refractivity contribution in [2.45, 2.75) is 59.6 Å². The van der Waals surface area contributed by atoms with Crippen LogP contribution in [0.3, 0.4) is 0 Å².